The van der Waals surface area contributed by atoms with Crippen molar-refractivity contribution in [2.24, 2.45) is 0 Å². The highest BCUT2D eigenvalue weighted by molar-refractivity contribution is 6.31. The number of hydrogen-bond acceptors (Lipinski definition) is 5. The highest BCUT2D eigenvalue weighted by Crippen LogP contribution is 2.31. The summed E-state index contributed by atoms with van der Waals surface area (Å²) in [7, 11) is 3.16. The quantitative estimate of drug-likeness (QED) is 0.493. The maximum atomic E-state index is 12.9. The Bertz CT molecular complexity index is 1260. The van der Waals surface area contributed by atoms with E-state index < -0.39 is 5.63 Å². The average molecular weight is 398 g/mol. The van der Waals surface area contributed by atoms with Crippen LogP contribution in [0.4, 0.5) is 5.69 Å². The molecule has 0 aliphatic carbocycles. The van der Waals surface area contributed by atoms with Crippen LogP contribution < -0.4 is 15.3 Å². The second-order valence-electron chi connectivity index (χ2n) is 6.22. The number of anilines is 1. The highest BCUT2D eigenvalue weighted by Gasteiger charge is 2.19. The second-order valence-corrected chi connectivity index (χ2v) is 6.66. The third kappa shape index (κ3) is 2.99. The van der Waals surface area contributed by atoms with Crippen molar-refractivity contribution in [2.75, 3.05) is 19.1 Å². The molecule has 0 aliphatic rings. The summed E-state index contributed by atoms with van der Waals surface area (Å²) in [5.41, 5.74) is 1.06. The molecule has 2 aromatic carbocycles. The van der Waals surface area contributed by atoms with E-state index in [9.17, 15) is 9.59 Å². The van der Waals surface area contributed by atoms with E-state index in [2.05, 4.69) is 5.10 Å². The van der Waals surface area contributed by atoms with Crippen LogP contribution in [0.15, 0.2) is 57.9 Å². The summed E-state index contributed by atoms with van der Waals surface area (Å²) in [4.78, 5) is 26.6. The number of halogens is 1. The molecule has 7 nitrogen and oxygen atoms in total. The summed E-state index contributed by atoms with van der Waals surface area (Å²) in [5, 5.41) is 5.77. The van der Waals surface area contributed by atoms with Crippen molar-refractivity contribution in [3.8, 4) is 5.75 Å². The number of amides is 1. The lowest BCUT2D eigenvalue weighted by atomic mass is 10.2. The van der Waals surface area contributed by atoms with Crippen molar-refractivity contribution in [1.29, 1.82) is 0 Å². The lowest BCUT2D eigenvalue weighted by molar-refractivity contribution is -0.119. The van der Waals surface area contributed by atoms with E-state index in [0.717, 1.165) is 0 Å². The Morgan fingerprint density at radius 3 is 2.82 bits per heavy atom. The van der Waals surface area contributed by atoms with Crippen LogP contribution in [0.5, 0.6) is 5.75 Å². The van der Waals surface area contributed by atoms with Crippen LogP contribution in [-0.4, -0.2) is 29.8 Å². The minimum atomic E-state index is -0.489. The van der Waals surface area contributed by atoms with Gasteiger partial charge in [0.25, 0.3) is 0 Å². The fraction of sp³-hybridized carbons (Fsp3) is 0.150. The van der Waals surface area contributed by atoms with Crippen LogP contribution in [0.1, 0.15) is 0 Å². The second kappa shape index (κ2) is 7.01. The van der Waals surface area contributed by atoms with Gasteiger partial charge in [-0.2, -0.15) is 5.10 Å². The van der Waals surface area contributed by atoms with Crippen LogP contribution in [-0.2, 0) is 11.3 Å². The zero-order valence-electron chi connectivity index (χ0n) is 15.2. The molecule has 0 saturated heterocycles. The number of rotatable bonds is 4. The highest BCUT2D eigenvalue weighted by atomic mass is 35.5. The summed E-state index contributed by atoms with van der Waals surface area (Å²) in [6.45, 7) is -0.0664. The Hall–Kier alpha value is -3.32. The lowest BCUT2D eigenvalue weighted by Gasteiger charge is -2.20. The Labute approximate surface area is 164 Å². The molecule has 0 N–H and O–H groups in total. The van der Waals surface area contributed by atoms with Gasteiger partial charge in [0.2, 0.25) is 5.91 Å². The topological polar surface area (TPSA) is 77.6 Å². The van der Waals surface area contributed by atoms with E-state index in [-0.39, 0.29) is 12.5 Å². The van der Waals surface area contributed by atoms with Crippen LogP contribution in [0.25, 0.3) is 21.9 Å². The van der Waals surface area contributed by atoms with Crippen LogP contribution in [0.3, 0.4) is 0 Å². The molecule has 142 valence electrons. The Kier molecular flexibility index (Phi) is 4.52. The van der Waals surface area contributed by atoms with Crippen LogP contribution in [0.2, 0.25) is 5.02 Å². The van der Waals surface area contributed by atoms with Gasteiger partial charge in [0, 0.05) is 17.5 Å². The van der Waals surface area contributed by atoms with E-state index in [1.807, 2.05) is 12.1 Å². The van der Waals surface area contributed by atoms with Gasteiger partial charge in [0.1, 0.15) is 23.3 Å². The number of aromatic nitrogens is 2. The summed E-state index contributed by atoms with van der Waals surface area (Å²) in [5.74, 6) is 0.277. The largest absolute Gasteiger partial charge is 0.495 e. The third-order valence-electron chi connectivity index (χ3n) is 4.57. The van der Waals surface area contributed by atoms with Crippen molar-refractivity contribution in [3.05, 3.63) is 64.1 Å². The van der Waals surface area contributed by atoms with Crippen LogP contribution >= 0.6 is 11.6 Å². The van der Waals surface area contributed by atoms with Crippen molar-refractivity contribution in [3.63, 3.8) is 0 Å². The number of benzene rings is 2. The minimum absolute atomic E-state index is 0.0664. The number of likely N-dealkylation sites (N-methyl/N-ethyl adjacent to an activating group) is 1. The molecule has 0 spiro atoms. The summed E-state index contributed by atoms with van der Waals surface area (Å²) < 4.78 is 12.1. The number of methoxy groups -OCH3 is 1. The number of fused-ring (bicyclic) bond motifs is 3. The first kappa shape index (κ1) is 18.1. The Morgan fingerprint density at radius 2 is 2.04 bits per heavy atom. The monoisotopic (exact) mass is 397 g/mol. The number of carbonyl (C=O) groups is 1. The van der Waals surface area contributed by atoms with Crippen molar-refractivity contribution < 1.29 is 13.9 Å². The van der Waals surface area contributed by atoms with Gasteiger partial charge in [-0.15, -0.1) is 0 Å². The van der Waals surface area contributed by atoms with E-state index in [1.165, 1.54) is 22.9 Å². The summed E-state index contributed by atoms with van der Waals surface area (Å²) >= 11 is 6.07. The molecule has 0 saturated carbocycles. The fourth-order valence-corrected chi connectivity index (χ4v) is 3.30. The lowest BCUT2D eigenvalue weighted by Crippen LogP contribution is -2.30. The van der Waals surface area contributed by atoms with Crippen molar-refractivity contribution >= 4 is 45.1 Å². The zero-order chi connectivity index (χ0) is 19.8. The van der Waals surface area contributed by atoms with Gasteiger partial charge < -0.3 is 14.1 Å². The predicted molar refractivity (Wildman–Crippen MR) is 107 cm³/mol. The first-order valence-corrected chi connectivity index (χ1v) is 8.85. The summed E-state index contributed by atoms with van der Waals surface area (Å²) in [6.07, 6.45) is 1.42. The normalized spacial score (nSPS) is 11.1. The molecule has 0 aliphatic heterocycles. The molecular formula is C20H16ClN3O4. The average Bonchev–Trinajstić information content (AvgIpc) is 3.12. The van der Waals surface area contributed by atoms with Gasteiger partial charge in [-0.3, -0.25) is 9.48 Å². The maximum Gasteiger partial charge on any atom is 0.347 e. The number of para-hydroxylation sites is 1. The molecule has 0 bridgehead atoms. The zero-order valence-corrected chi connectivity index (χ0v) is 15.9. The maximum absolute atomic E-state index is 12.9. The molecule has 0 unspecified atom stereocenters. The molecular weight excluding hydrogens is 382 g/mol. The molecule has 4 aromatic rings. The van der Waals surface area contributed by atoms with Crippen molar-refractivity contribution in [1.82, 2.24) is 9.78 Å². The number of nitrogens with zero attached hydrogens (tertiary/aromatic N) is 3. The Balaban J connectivity index is 1.75. The molecule has 0 radical (unpaired) electrons. The van der Waals surface area contributed by atoms with Gasteiger partial charge in [0.05, 0.1) is 24.5 Å². The number of hydrogen-bond donors (Lipinski definition) is 0. The standard InChI is InChI=1S/C20H16ClN3O4/c1-23(15-9-12(21)7-8-17(15)27-2)18(25)11-24-19-13-5-3-4-6-16(13)28-20(26)14(19)10-22-24/h3-10H,11H2,1-2H3. The van der Waals surface area contributed by atoms with E-state index in [1.54, 1.807) is 37.4 Å². The fourth-order valence-electron chi connectivity index (χ4n) is 3.14. The Morgan fingerprint density at radius 1 is 1.25 bits per heavy atom. The third-order valence-corrected chi connectivity index (χ3v) is 4.80. The predicted octanol–water partition coefficient (Wildman–Crippen LogP) is 3.47. The molecule has 2 heterocycles. The summed E-state index contributed by atoms with van der Waals surface area (Å²) in [6, 6.07) is 12.2. The van der Waals surface area contributed by atoms with E-state index in [0.29, 0.717) is 38.3 Å². The van der Waals surface area contributed by atoms with Gasteiger partial charge in [0.15, 0.2) is 0 Å². The SMILES string of the molecule is COc1ccc(Cl)cc1N(C)C(=O)Cn1ncc2c(=O)oc3ccccc3c21. The van der Waals surface area contributed by atoms with Gasteiger partial charge in [-0.25, -0.2) is 4.79 Å². The van der Waals surface area contributed by atoms with Crippen molar-refractivity contribution in [2.45, 2.75) is 6.54 Å². The van der Waals surface area contributed by atoms with Gasteiger partial charge >= 0.3 is 5.63 Å². The number of ether oxygens (including phenoxy) is 1. The molecule has 8 heteroatoms. The number of carbonyl (C=O) groups excluding carboxylic acids is 1. The van der Waals surface area contributed by atoms with Crippen LogP contribution in [0, 0.1) is 0 Å². The first-order chi connectivity index (χ1) is 13.5. The molecule has 4 rings (SSSR count). The van der Waals surface area contributed by atoms with E-state index in [4.69, 9.17) is 20.8 Å². The molecule has 2 aromatic heterocycles. The molecule has 0 atom stereocenters. The first-order valence-electron chi connectivity index (χ1n) is 8.47. The van der Waals surface area contributed by atoms with Gasteiger partial charge in [-0.05, 0) is 30.3 Å². The molecule has 0 fully saturated rings. The van der Waals surface area contributed by atoms with Gasteiger partial charge in [-0.1, -0.05) is 23.7 Å². The van der Waals surface area contributed by atoms with E-state index >= 15 is 0 Å². The molecule has 1 amide bonds. The smallest absolute Gasteiger partial charge is 0.347 e. The molecule has 28 heavy (non-hydrogen) atoms. The minimum Gasteiger partial charge on any atom is -0.495 e.